The van der Waals surface area contributed by atoms with E-state index in [-0.39, 0.29) is 18.2 Å². The van der Waals surface area contributed by atoms with Crippen molar-refractivity contribution in [3.05, 3.63) is 59.1 Å². The molecule has 0 fully saturated rings. The van der Waals surface area contributed by atoms with Gasteiger partial charge in [-0.1, -0.05) is 29.8 Å². The molecule has 24 heavy (non-hydrogen) atoms. The first-order valence-corrected chi connectivity index (χ1v) is 7.76. The van der Waals surface area contributed by atoms with Crippen molar-refractivity contribution in [3.63, 3.8) is 0 Å². The number of rotatable bonds is 6. The Morgan fingerprint density at radius 2 is 1.54 bits per heavy atom. The molecule has 0 heterocycles. The summed E-state index contributed by atoms with van der Waals surface area (Å²) in [6.45, 7) is 0. The lowest BCUT2D eigenvalue weighted by molar-refractivity contribution is -0.116. The van der Waals surface area contributed by atoms with E-state index in [9.17, 15) is 9.59 Å². The first-order valence-electron chi connectivity index (χ1n) is 7.38. The minimum Gasteiger partial charge on any atom is -0.326 e. The summed E-state index contributed by atoms with van der Waals surface area (Å²) in [6, 6.07) is 15.9. The molecule has 5 nitrogen and oxygen atoms in total. The summed E-state index contributed by atoms with van der Waals surface area (Å²) in [5.74, 6) is -0.481. The number of carbonyl (C=O) groups is 2. The Kier molecular flexibility index (Phi) is 6.35. The minimum atomic E-state index is -0.367. The Morgan fingerprint density at radius 1 is 0.958 bits per heavy atom. The topological polar surface area (TPSA) is 82.0 Å². The number of aryl methyl sites for hydroxylation is 1. The summed E-state index contributed by atoms with van der Waals surface area (Å²) < 4.78 is 0. The molecule has 0 aliphatic rings. The molecule has 0 saturated carbocycles. The van der Waals surface area contributed by atoms with E-state index in [1.807, 2.05) is 18.2 Å². The van der Waals surface area contributed by atoms with Crippen molar-refractivity contribution >= 4 is 34.8 Å². The maximum absolute atomic E-state index is 12.0. The zero-order chi connectivity index (χ0) is 17.4. The normalized spacial score (nSPS) is 9.83. The highest BCUT2D eigenvalue weighted by Crippen LogP contribution is 2.18. The zero-order valence-corrected chi connectivity index (χ0v) is 13.6. The number of carbonyl (C=O) groups excluding carboxylic acids is 2. The summed E-state index contributed by atoms with van der Waals surface area (Å²) in [7, 11) is 0. The van der Waals surface area contributed by atoms with Crippen LogP contribution in [0.3, 0.4) is 0 Å². The van der Waals surface area contributed by atoms with Crippen LogP contribution in [0.2, 0.25) is 5.02 Å². The quantitative estimate of drug-likeness (QED) is 0.839. The fourth-order valence-corrected chi connectivity index (χ4v) is 2.32. The molecule has 0 atom stereocenters. The molecule has 2 aromatic carbocycles. The smallest absolute Gasteiger partial charge is 0.238 e. The Hall–Kier alpha value is -2.84. The first kappa shape index (κ1) is 17.5. The number of nitriles is 1. The Morgan fingerprint density at radius 3 is 2.12 bits per heavy atom. The lowest BCUT2D eigenvalue weighted by Crippen LogP contribution is -2.13. The number of halogens is 1. The van der Waals surface area contributed by atoms with Crippen molar-refractivity contribution in [1.82, 2.24) is 0 Å². The van der Waals surface area contributed by atoms with Gasteiger partial charge in [-0.2, -0.15) is 5.26 Å². The van der Waals surface area contributed by atoms with Gasteiger partial charge in [0.15, 0.2) is 0 Å². The molecule has 0 saturated heterocycles. The van der Waals surface area contributed by atoms with Crippen molar-refractivity contribution in [3.8, 4) is 6.07 Å². The van der Waals surface area contributed by atoms with Gasteiger partial charge in [0.05, 0.1) is 6.07 Å². The van der Waals surface area contributed by atoms with Gasteiger partial charge in [0.1, 0.15) is 6.42 Å². The van der Waals surface area contributed by atoms with Gasteiger partial charge in [-0.15, -0.1) is 0 Å². The van der Waals surface area contributed by atoms with Crippen LogP contribution in [0, 0.1) is 11.3 Å². The summed E-state index contributed by atoms with van der Waals surface area (Å²) in [6.07, 6.45) is 0.693. The lowest BCUT2D eigenvalue weighted by Gasteiger charge is -2.08. The third-order valence-corrected chi connectivity index (χ3v) is 3.64. The van der Waals surface area contributed by atoms with Crippen LogP contribution in [0.25, 0.3) is 0 Å². The second-order valence-electron chi connectivity index (χ2n) is 5.10. The average Bonchev–Trinajstić information content (AvgIpc) is 2.56. The maximum atomic E-state index is 12.0. The molecule has 0 aliphatic carbocycles. The number of hydrogen-bond acceptors (Lipinski definition) is 3. The van der Waals surface area contributed by atoms with E-state index in [1.54, 1.807) is 36.4 Å². The largest absolute Gasteiger partial charge is 0.326 e. The molecular weight excluding hydrogens is 326 g/mol. The van der Waals surface area contributed by atoms with Crippen LogP contribution >= 0.6 is 11.6 Å². The van der Waals surface area contributed by atoms with Crippen molar-refractivity contribution in [2.75, 3.05) is 10.6 Å². The number of nitrogens with zero attached hydrogens (tertiary/aromatic N) is 1. The van der Waals surface area contributed by atoms with Gasteiger partial charge in [-0.05, 0) is 42.3 Å². The molecule has 2 aromatic rings. The fourth-order valence-electron chi connectivity index (χ4n) is 2.09. The van der Waals surface area contributed by atoms with Crippen molar-refractivity contribution in [2.24, 2.45) is 0 Å². The second kappa shape index (κ2) is 8.70. The SMILES string of the molecule is N#CCC(=O)Nc1ccc(NC(=O)CCc2ccccc2Cl)cc1. The van der Waals surface area contributed by atoms with Gasteiger partial charge >= 0.3 is 0 Å². The molecule has 122 valence electrons. The number of benzene rings is 2. The molecule has 2 amide bonds. The predicted molar refractivity (Wildman–Crippen MR) is 93.7 cm³/mol. The molecule has 2 rings (SSSR count). The molecule has 0 spiro atoms. The van der Waals surface area contributed by atoms with Crippen LogP contribution in [0.15, 0.2) is 48.5 Å². The molecule has 0 aliphatic heterocycles. The Balaban J connectivity index is 1.85. The molecule has 2 N–H and O–H groups in total. The highest BCUT2D eigenvalue weighted by atomic mass is 35.5. The highest BCUT2D eigenvalue weighted by molar-refractivity contribution is 6.31. The van der Waals surface area contributed by atoms with Gasteiger partial charge in [0.25, 0.3) is 0 Å². The molecule has 0 unspecified atom stereocenters. The standard InChI is InChI=1S/C18H16ClN3O2/c19-16-4-2-1-3-13(16)5-10-17(23)21-14-6-8-15(9-7-14)22-18(24)11-12-20/h1-4,6-9H,5,10-11H2,(H,21,23)(H,22,24). The van der Waals surface area contributed by atoms with Gasteiger partial charge < -0.3 is 10.6 Å². The van der Waals surface area contributed by atoms with Crippen molar-refractivity contribution in [2.45, 2.75) is 19.3 Å². The lowest BCUT2D eigenvalue weighted by atomic mass is 10.1. The minimum absolute atomic E-state index is 0.115. The second-order valence-corrected chi connectivity index (χ2v) is 5.51. The van der Waals surface area contributed by atoms with Gasteiger partial charge in [0.2, 0.25) is 11.8 Å². The van der Waals surface area contributed by atoms with E-state index in [0.717, 1.165) is 5.56 Å². The summed E-state index contributed by atoms with van der Waals surface area (Å²) in [5.41, 5.74) is 2.15. The highest BCUT2D eigenvalue weighted by Gasteiger charge is 2.06. The first-order chi connectivity index (χ1) is 11.6. The average molecular weight is 342 g/mol. The van der Waals surface area contributed by atoms with E-state index in [1.165, 1.54) is 0 Å². The van der Waals surface area contributed by atoms with E-state index >= 15 is 0 Å². The fraction of sp³-hybridized carbons (Fsp3) is 0.167. The molecular formula is C18H16ClN3O2. The third-order valence-electron chi connectivity index (χ3n) is 3.27. The van der Waals surface area contributed by atoms with E-state index in [2.05, 4.69) is 10.6 Å². The monoisotopic (exact) mass is 341 g/mol. The number of nitrogens with one attached hydrogen (secondary N) is 2. The van der Waals surface area contributed by atoms with Crippen molar-refractivity contribution in [1.29, 1.82) is 5.26 Å². The molecule has 6 heteroatoms. The zero-order valence-electron chi connectivity index (χ0n) is 12.9. The Labute approximate surface area is 145 Å². The van der Waals surface area contributed by atoms with Crippen LogP contribution in [0.1, 0.15) is 18.4 Å². The van der Waals surface area contributed by atoms with Crippen molar-refractivity contribution < 1.29 is 9.59 Å². The predicted octanol–water partition coefficient (Wildman–Crippen LogP) is 3.76. The number of hydrogen-bond donors (Lipinski definition) is 2. The van der Waals surface area contributed by atoms with Gasteiger partial charge in [-0.25, -0.2) is 0 Å². The summed E-state index contributed by atoms with van der Waals surface area (Å²) >= 11 is 6.06. The Bertz CT molecular complexity index is 767. The molecule has 0 aromatic heterocycles. The third kappa shape index (κ3) is 5.41. The van der Waals surface area contributed by atoms with Crippen LogP contribution in [0.5, 0.6) is 0 Å². The summed E-state index contributed by atoms with van der Waals surface area (Å²) in [4.78, 5) is 23.3. The van der Waals surface area contributed by atoms with Gasteiger partial charge in [-0.3, -0.25) is 9.59 Å². The van der Waals surface area contributed by atoms with Crippen LogP contribution in [-0.4, -0.2) is 11.8 Å². The van der Waals surface area contributed by atoms with E-state index < -0.39 is 0 Å². The van der Waals surface area contributed by atoms with Gasteiger partial charge in [0, 0.05) is 22.8 Å². The van der Waals surface area contributed by atoms with Crippen LogP contribution in [-0.2, 0) is 16.0 Å². The van der Waals surface area contributed by atoms with Crippen LogP contribution in [0.4, 0.5) is 11.4 Å². The van der Waals surface area contributed by atoms with Crippen LogP contribution < -0.4 is 10.6 Å². The molecule has 0 radical (unpaired) electrons. The number of anilines is 2. The molecule has 0 bridgehead atoms. The maximum Gasteiger partial charge on any atom is 0.238 e. The van der Waals surface area contributed by atoms with E-state index in [4.69, 9.17) is 16.9 Å². The van der Waals surface area contributed by atoms with E-state index in [0.29, 0.717) is 29.2 Å². The summed E-state index contributed by atoms with van der Waals surface area (Å²) in [5, 5.41) is 14.5. The number of amides is 2.